The predicted octanol–water partition coefficient (Wildman–Crippen LogP) is 4.02. The fourth-order valence-corrected chi connectivity index (χ4v) is 2.16. The number of ether oxygens (including phenoxy) is 3. The van der Waals surface area contributed by atoms with E-state index in [4.69, 9.17) is 14.2 Å². The van der Waals surface area contributed by atoms with E-state index in [1.54, 1.807) is 0 Å². The van der Waals surface area contributed by atoms with Gasteiger partial charge in [0.1, 0.15) is 18.5 Å². The second kappa shape index (κ2) is 7.81. The zero-order chi connectivity index (χ0) is 15.2. The molecule has 1 fully saturated rings. The van der Waals surface area contributed by atoms with Crippen molar-refractivity contribution in [2.24, 2.45) is 5.92 Å². The van der Waals surface area contributed by atoms with Crippen LogP contribution in [-0.4, -0.2) is 32.0 Å². The topological polar surface area (TPSA) is 31.0 Å². The van der Waals surface area contributed by atoms with E-state index >= 15 is 0 Å². The van der Waals surface area contributed by atoms with Crippen LogP contribution in [0.25, 0.3) is 0 Å². The van der Waals surface area contributed by atoms with Crippen LogP contribution in [0, 0.1) is 5.92 Å². The highest BCUT2D eigenvalue weighted by Crippen LogP contribution is 2.21. The highest BCUT2D eigenvalue weighted by atomic mass is 16.6. The van der Waals surface area contributed by atoms with Crippen molar-refractivity contribution in [2.75, 3.05) is 19.8 Å². The molecule has 0 amide bonds. The monoisotopic (exact) mass is 292 g/mol. The predicted molar refractivity (Wildman–Crippen MR) is 85.0 cm³/mol. The molecule has 0 aliphatic carbocycles. The molecule has 0 N–H and O–H groups in total. The molecule has 1 aromatic rings. The molecule has 2 rings (SSSR count). The van der Waals surface area contributed by atoms with Gasteiger partial charge >= 0.3 is 0 Å². The zero-order valence-electron chi connectivity index (χ0n) is 13.7. The molecule has 3 heteroatoms. The molecule has 1 saturated heterocycles. The van der Waals surface area contributed by atoms with Gasteiger partial charge in [0.25, 0.3) is 0 Å². The second-order valence-corrected chi connectivity index (χ2v) is 6.25. The number of hydrogen-bond donors (Lipinski definition) is 0. The summed E-state index contributed by atoms with van der Waals surface area (Å²) in [6, 6.07) is 8.37. The summed E-state index contributed by atoms with van der Waals surface area (Å²) in [7, 11) is 0. The van der Waals surface area contributed by atoms with Crippen LogP contribution >= 0.6 is 0 Å². The average Bonchev–Trinajstić information content (AvgIpc) is 3.31. The SMILES string of the molecule is CCC(C)C(COc1ccc(C(C)C)cc1)OCC1CO1. The lowest BCUT2D eigenvalue weighted by molar-refractivity contribution is -0.0189. The van der Waals surface area contributed by atoms with Gasteiger partial charge in [-0.25, -0.2) is 0 Å². The maximum atomic E-state index is 5.95. The summed E-state index contributed by atoms with van der Waals surface area (Å²) >= 11 is 0. The van der Waals surface area contributed by atoms with Crippen LogP contribution < -0.4 is 4.74 Å². The van der Waals surface area contributed by atoms with Gasteiger partial charge in [-0.2, -0.15) is 0 Å². The molecule has 3 nitrogen and oxygen atoms in total. The van der Waals surface area contributed by atoms with Crippen LogP contribution in [0.4, 0.5) is 0 Å². The molecule has 118 valence electrons. The Bertz CT molecular complexity index is 409. The maximum Gasteiger partial charge on any atom is 0.119 e. The van der Waals surface area contributed by atoms with E-state index in [9.17, 15) is 0 Å². The first kappa shape index (κ1) is 16.3. The standard InChI is InChI=1S/C18H28O3/c1-5-14(4)18(21-11-17-10-19-17)12-20-16-8-6-15(7-9-16)13(2)3/h6-9,13-14,17-18H,5,10-12H2,1-4H3. The first-order valence-electron chi connectivity index (χ1n) is 8.06. The fraction of sp³-hybridized carbons (Fsp3) is 0.667. The molecular formula is C18H28O3. The van der Waals surface area contributed by atoms with Crippen molar-refractivity contribution < 1.29 is 14.2 Å². The summed E-state index contributed by atoms with van der Waals surface area (Å²) in [6.07, 6.45) is 1.53. The Morgan fingerprint density at radius 2 is 1.86 bits per heavy atom. The molecule has 21 heavy (non-hydrogen) atoms. The van der Waals surface area contributed by atoms with Crippen LogP contribution in [-0.2, 0) is 9.47 Å². The van der Waals surface area contributed by atoms with Gasteiger partial charge in [0.15, 0.2) is 0 Å². The number of hydrogen-bond acceptors (Lipinski definition) is 3. The van der Waals surface area contributed by atoms with Crippen LogP contribution in [0.5, 0.6) is 5.75 Å². The van der Waals surface area contributed by atoms with Gasteiger partial charge in [0, 0.05) is 0 Å². The average molecular weight is 292 g/mol. The first-order valence-corrected chi connectivity index (χ1v) is 8.06. The van der Waals surface area contributed by atoms with Gasteiger partial charge in [0.2, 0.25) is 0 Å². The maximum absolute atomic E-state index is 5.95. The molecule has 3 atom stereocenters. The molecule has 0 radical (unpaired) electrons. The van der Waals surface area contributed by atoms with Gasteiger partial charge in [-0.3, -0.25) is 0 Å². The van der Waals surface area contributed by atoms with Crippen LogP contribution in [0.2, 0.25) is 0 Å². The Kier molecular flexibility index (Phi) is 6.07. The molecule has 1 aliphatic heterocycles. The van der Waals surface area contributed by atoms with Crippen LogP contribution in [0.15, 0.2) is 24.3 Å². The first-order chi connectivity index (χ1) is 10.1. The lowest BCUT2D eigenvalue weighted by Gasteiger charge is -2.23. The Hall–Kier alpha value is -1.06. The lowest BCUT2D eigenvalue weighted by Crippen LogP contribution is -2.30. The summed E-state index contributed by atoms with van der Waals surface area (Å²) < 4.78 is 17.1. The van der Waals surface area contributed by atoms with E-state index in [-0.39, 0.29) is 6.10 Å². The van der Waals surface area contributed by atoms with Crippen molar-refractivity contribution in [1.29, 1.82) is 0 Å². The Morgan fingerprint density at radius 3 is 2.38 bits per heavy atom. The molecule has 0 saturated carbocycles. The Balaban J connectivity index is 1.84. The third kappa shape index (κ3) is 5.33. The van der Waals surface area contributed by atoms with E-state index in [0.717, 1.165) is 18.8 Å². The van der Waals surface area contributed by atoms with Crippen molar-refractivity contribution >= 4 is 0 Å². The minimum atomic E-state index is 0.129. The number of benzene rings is 1. The van der Waals surface area contributed by atoms with E-state index in [2.05, 4.69) is 39.8 Å². The van der Waals surface area contributed by atoms with Crippen molar-refractivity contribution in [1.82, 2.24) is 0 Å². The quantitative estimate of drug-likeness (QED) is 0.644. The van der Waals surface area contributed by atoms with Crippen molar-refractivity contribution in [2.45, 2.75) is 52.2 Å². The number of epoxide rings is 1. The van der Waals surface area contributed by atoms with E-state index < -0.39 is 0 Å². The summed E-state index contributed by atoms with van der Waals surface area (Å²) in [4.78, 5) is 0. The minimum Gasteiger partial charge on any atom is -0.491 e. The summed E-state index contributed by atoms with van der Waals surface area (Å²) in [5, 5.41) is 0. The Labute approximate surface area is 128 Å². The minimum absolute atomic E-state index is 0.129. The third-order valence-corrected chi connectivity index (χ3v) is 4.14. The molecule has 1 heterocycles. The molecule has 0 spiro atoms. The molecule has 1 aromatic carbocycles. The van der Waals surface area contributed by atoms with Gasteiger partial charge in [-0.1, -0.05) is 46.2 Å². The highest BCUT2D eigenvalue weighted by Gasteiger charge is 2.26. The second-order valence-electron chi connectivity index (χ2n) is 6.25. The van der Waals surface area contributed by atoms with E-state index in [1.165, 1.54) is 5.56 Å². The smallest absolute Gasteiger partial charge is 0.119 e. The lowest BCUT2D eigenvalue weighted by atomic mass is 10.0. The van der Waals surface area contributed by atoms with E-state index in [1.807, 2.05) is 12.1 Å². The van der Waals surface area contributed by atoms with Gasteiger partial charge in [-0.05, 0) is 29.5 Å². The number of rotatable bonds is 9. The van der Waals surface area contributed by atoms with Crippen molar-refractivity contribution in [3.8, 4) is 5.75 Å². The molecule has 0 aromatic heterocycles. The molecular weight excluding hydrogens is 264 g/mol. The van der Waals surface area contributed by atoms with Crippen LogP contribution in [0.1, 0.15) is 45.6 Å². The van der Waals surface area contributed by atoms with Gasteiger partial charge in [-0.15, -0.1) is 0 Å². The van der Waals surface area contributed by atoms with Gasteiger partial charge < -0.3 is 14.2 Å². The van der Waals surface area contributed by atoms with E-state index in [0.29, 0.717) is 31.2 Å². The van der Waals surface area contributed by atoms with Gasteiger partial charge in [0.05, 0.1) is 19.3 Å². The largest absolute Gasteiger partial charge is 0.491 e. The summed E-state index contributed by atoms with van der Waals surface area (Å²) in [6.45, 7) is 10.9. The van der Waals surface area contributed by atoms with Crippen molar-refractivity contribution in [3.05, 3.63) is 29.8 Å². The molecule has 3 unspecified atom stereocenters. The highest BCUT2D eigenvalue weighted by molar-refractivity contribution is 5.28. The van der Waals surface area contributed by atoms with Crippen molar-refractivity contribution in [3.63, 3.8) is 0 Å². The molecule has 0 bridgehead atoms. The van der Waals surface area contributed by atoms with Crippen LogP contribution in [0.3, 0.4) is 0 Å². The third-order valence-electron chi connectivity index (χ3n) is 4.14. The zero-order valence-corrected chi connectivity index (χ0v) is 13.7. The fourth-order valence-electron chi connectivity index (χ4n) is 2.16. The summed E-state index contributed by atoms with van der Waals surface area (Å²) in [5.74, 6) is 1.95. The summed E-state index contributed by atoms with van der Waals surface area (Å²) in [5.41, 5.74) is 1.34. The normalized spacial score (nSPS) is 20.3. The Morgan fingerprint density at radius 1 is 1.19 bits per heavy atom. The molecule has 1 aliphatic rings.